The second kappa shape index (κ2) is 8.56. The van der Waals surface area contributed by atoms with E-state index >= 15 is 0 Å². The van der Waals surface area contributed by atoms with E-state index in [0.29, 0.717) is 40.6 Å². The molecule has 1 fully saturated rings. The molecule has 3 heterocycles. The van der Waals surface area contributed by atoms with Crippen molar-refractivity contribution in [3.05, 3.63) is 52.5 Å². The number of carbonyl (C=O) groups excluding carboxylic acids is 1. The average molecular weight is 470 g/mol. The number of halogens is 2. The zero-order chi connectivity index (χ0) is 22.2. The first-order valence-electron chi connectivity index (χ1n) is 10.6. The molecule has 1 atom stereocenters. The Labute approximate surface area is 194 Å². The van der Waals surface area contributed by atoms with Gasteiger partial charge in [-0.3, -0.25) is 4.79 Å². The predicted molar refractivity (Wildman–Crippen MR) is 125 cm³/mol. The molecule has 0 saturated carbocycles. The molecule has 1 aliphatic heterocycles. The van der Waals surface area contributed by atoms with Crippen LogP contribution in [0.1, 0.15) is 19.8 Å². The number of nitrogens with zero attached hydrogens (tertiary/aromatic N) is 5. The number of benzene rings is 2. The standard InChI is InChI=1S/C23H21Cl2N5O2/c1-2-32-22(31)14-6-5-11-29(13-14)23-26-19-12-15(24)9-10-17(19)21-28-27-20(30(21)23)16-7-3-4-8-18(16)25/h3-4,7-10,12,14H,2,5-6,11,13H2,1H3/t14-/m0/s1. The van der Waals surface area contributed by atoms with Crippen LogP contribution in [0.15, 0.2) is 42.5 Å². The highest BCUT2D eigenvalue weighted by atomic mass is 35.5. The highest BCUT2D eigenvalue weighted by Gasteiger charge is 2.30. The van der Waals surface area contributed by atoms with Crippen LogP contribution >= 0.6 is 23.2 Å². The van der Waals surface area contributed by atoms with E-state index in [9.17, 15) is 4.79 Å². The number of fused-ring (bicyclic) bond motifs is 3. The van der Waals surface area contributed by atoms with Crippen LogP contribution in [-0.4, -0.2) is 45.2 Å². The van der Waals surface area contributed by atoms with Gasteiger partial charge in [0.25, 0.3) is 0 Å². The maximum atomic E-state index is 12.4. The molecule has 0 radical (unpaired) electrons. The third-order valence-electron chi connectivity index (χ3n) is 5.72. The summed E-state index contributed by atoms with van der Waals surface area (Å²) < 4.78 is 7.20. The van der Waals surface area contributed by atoms with Gasteiger partial charge in [0.2, 0.25) is 5.95 Å². The van der Waals surface area contributed by atoms with E-state index in [-0.39, 0.29) is 11.9 Å². The second-order valence-corrected chi connectivity index (χ2v) is 8.62. The SMILES string of the molecule is CCOC(=O)[C@H]1CCCN(c2nc3cc(Cl)ccc3c3nnc(-c4ccccc4Cl)n23)C1. The topological polar surface area (TPSA) is 72.6 Å². The molecule has 9 heteroatoms. The van der Waals surface area contributed by atoms with Crippen molar-refractivity contribution in [3.63, 3.8) is 0 Å². The number of hydrogen-bond acceptors (Lipinski definition) is 6. The van der Waals surface area contributed by atoms with Crippen LogP contribution in [0, 0.1) is 5.92 Å². The highest BCUT2D eigenvalue weighted by Crippen LogP contribution is 2.33. The van der Waals surface area contributed by atoms with Crippen molar-refractivity contribution in [2.75, 3.05) is 24.6 Å². The van der Waals surface area contributed by atoms with E-state index in [1.165, 1.54) is 0 Å². The smallest absolute Gasteiger partial charge is 0.310 e. The van der Waals surface area contributed by atoms with Gasteiger partial charge in [-0.2, -0.15) is 0 Å². The summed E-state index contributed by atoms with van der Waals surface area (Å²) in [7, 11) is 0. The summed E-state index contributed by atoms with van der Waals surface area (Å²) in [5, 5.41) is 11.0. The quantitative estimate of drug-likeness (QED) is 0.390. The van der Waals surface area contributed by atoms with Crippen molar-refractivity contribution in [1.82, 2.24) is 19.6 Å². The van der Waals surface area contributed by atoms with Crippen molar-refractivity contribution in [2.24, 2.45) is 5.92 Å². The van der Waals surface area contributed by atoms with Crippen LogP contribution in [0.2, 0.25) is 10.0 Å². The molecule has 1 aliphatic rings. The van der Waals surface area contributed by atoms with Crippen molar-refractivity contribution >= 4 is 51.7 Å². The monoisotopic (exact) mass is 469 g/mol. The number of anilines is 1. The van der Waals surface area contributed by atoms with Crippen LogP contribution < -0.4 is 4.90 Å². The molecule has 7 nitrogen and oxygen atoms in total. The van der Waals surface area contributed by atoms with Gasteiger partial charge in [0.1, 0.15) is 0 Å². The minimum absolute atomic E-state index is 0.174. The van der Waals surface area contributed by atoms with Gasteiger partial charge in [0.05, 0.1) is 23.1 Å². The summed E-state index contributed by atoms with van der Waals surface area (Å²) in [4.78, 5) is 19.5. The number of hydrogen-bond donors (Lipinski definition) is 0. The third kappa shape index (κ3) is 3.65. The Morgan fingerprint density at radius 1 is 1.19 bits per heavy atom. The van der Waals surface area contributed by atoms with E-state index in [4.69, 9.17) is 32.9 Å². The Kier molecular flexibility index (Phi) is 5.61. The number of aromatic nitrogens is 4. The van der Waals surface area contributed by atoms with Gasteiger partial charge < -0.3 is 9.64 Å². The van der Waals surface area contributed by atoms with Gasteiger partial charge in [0.15, 0.2) is 11.5 Å². The molecule has 32 heavy (non-hydrogen) atoms. The zero-order valence-electron chi connectivity index (χ0n) is 17.5. The van der Waals surface area contributed by atoms with Gasteiger partial charge in [-0.25, -0.2) is 9.38 Å². The molecule has 0 spiro atoms. The number of rotatable bonds is 4. The Morgan fingerprint density at radius 3 is 2.84 bits per heavy atom. The van der Waals surface area contributed by atoms with Gasteiger partial charge in [-0.1, -0.05) is 35.3 Å². The fourth-order valence-corrected chi connectivity index (χ4v) is 4.62. The average Bonchev–Trinajstić information content (AvgIpc) is 3.24. The Balaban J connectivity index is 1.72. The summed E-state index contributed by atoms with van der Waals surface area (Å²) in [5.74, 6) is 0.870. The molecule has 0 N–H and O–H groups in total. The number of carbonyl (C=O) groups is 1. The van der Waals surface area contributed by atoms with Gasteiger partial charge in [0, 0.05) is 29.1 Å². The highest BCUT2D eigenvalue weighted by molar-refractivity contribution is 6.33. The van der Waals surface area contributed by atoms with E-state index < -0.39 is 0 Å². The Morgan fingerprint density at radius 2 is 2.03 bits per heavy atom. The van der Waals surface area contributed by atoms with Crippen LogP contribution in [0.3, 0.4) is 0 Å². The number of esters is 1. The van der Waals surface area contributed by atoms with Crippen LogP contribution in [-0.2, 0) is 9.53 Å². The van der Waals surface area contributed by atoms with Crippen LogP contribution in [0.5, 0.6) is 0 Å². The third-order valence-corrected chi connectivity index (χ3v) is 6.29. The molecular weight excluding hydrogens is 449 g/mol. The molecule has 0 aliphatic carbocycles. The van der Waals surface area contributed by atoms with Gasteiger partial charge in [-0.15, -0.1) is 10.2 Å². The summed E-state index contributed by atoms with van der Waals surface area (Å²) in [6.07, 6.45) is 1.64. The lowest BCUT2D eigenvalue weighted by atomic mass is 9.98. The Bertz CT molecular complexity index is 1320. The molecule has 0 bridgehead atoms. The molecule has 164 valence electrons. The van der Waals surface area contributed by atoms with E-state index in [0.717, 1.165) is 35.9 Å². The first-order valence-corrected chi connectivity index (χ1v) is 11.3. The Hall–Kier alpha value is -2.90. The first kappa shape index (κ1) is 21.0. The van der Waals surface area contributed by atoms with Crippen molar-refractivity contribution in [1.29, 1.82) is 0 Å². The van der Waals surface area contributed by atoms with E-state index in [1.807, 2.05) is 53.8 Å². The first-order chi connectivity index (χ1) is 15.6. The lowest BCUT2D eigenvalue weighted by Gasteiger charge is -2.32. The number of piperidine rings is 1. The molecule has 0 amide bonds. The fraction of sp³-hybridized carbons (Fsp3) is 0.304. The summed E-state index contributed by atoms with van der Waals surface area (Å²) >= 11 is 12.8. The molecule has 1 saturated heterocycles. The number of ether oxygens (including phenoxy) is 1. The lowest BCUT2D eigenvalue weighted by molar-refractivity contribution is -0.148. The van der Waals surface area contributed by atoms with Crippen LogP contribution in [0.25, 0.3) is 27.9 Å². The minimum atomic E-state index is -0.212. The van der Waals surface area contributed by atoms with Crippen LogP contribution in [0.4, 0.5) is 5.95 Å². The molecule has 0 unspecified atom stereocenters. The van der Waals surface area contributed by atoms with Gasteiger partial charge in [-0.05, 0) is 50.1 Å². The molecular formula is C23H21Cl2N5O2. The summed E-state index contributed by atoms with van der Waals surface area (Å²) in [6, 6.07) is 13.0. The van der Waals surface area contributed by atoms with E-state index in [1.54, 1.807) is 0 Å². The maximum absolute atomic E-state index is 12.4. The van der Waals surface area contributed by atoms with Gasteiger partial charge >= 0.3 is 5.97 Å². The summed E-state index contributed by atoms with van der Waals surface area (Å²) in [5.41, 5.74) is 2.14. The van der Waals surface area contributed by atoms with Crippen molar-refractivity contribution in [3.8, 4) is 11.4 Å². The lowest BCUT2D eigenvalue weighted by Crippen LogP contribution is -2.40. The normalized spacial score (nSPS) is 16.6. The summed E-state index contributed by atoms with van der Waals surface area (Å²) in [6.45, 7) is 3.45. The predicted octanol–water partition coefficient (Wildman–Crippen LogP) is 5.03. The second-order valence-electron chi connectivity index (χ2n) is 7.77. The maximum Gasteiger partial charge on any atom is 0.310 e. The largest absolute Gasteiger partial charge is 0.466 e. The molecule has 2 aromatic heterocycles. The molecule has 4 aromatic rings. The fourth-order valence-electron chi connectivity index (χ4n) is 4.23. The molecule has 5 rings (SSSR count). The van der Waals surface area contributed by atoms with Crippen molar-refractivity contribution in [2.45, 2.75) is 19.8 Å². The molecule has 2 aromatic carbocycles. The zero-order valence-corrected chi connectivity index (χ0v) is 19.0. The minimum Gasteiger partial charge on any atom is -0.466 e. The van der Waals surface area contributed by atoms with Crippen molar-refractivity contribution < 1.29 is 9.53 Å². The van der Waals surface area contributed by atoms with E-state index in [2.05, 4.69) is 15.1 Å².